The van der Waals surface area contributed by atoms with Crippen LogP contribution in [0.3, 0.4) is 0 Å². The number of benzene rings is 2. The molecule has 2 N–H and O–H groups in total. The summed E-state index contributed by atoms with van der Waals surface area (Å²) in [6.07, 6.45) is 1.93. The molecule has 11 heteroatoms. The lowest BCUT2D eigenvalue weighted by Crippen LogP contribution is -2.55. The van der Waals surface area contributed by atoms with Gasteiger partial charge < -0.3 is 14.5 Å². The Morgan fingerprint density at radius 3 is 2.63 bits per heavy atom. The first-order valence-electron chi connectivity index (χ1n) is 13.8. The van der Waals surface area contributed by atoms with Crippen LogP contribution < -0.4 is 5.32 Å². The zero-order chi connectivity index (χ0) is 29.1. The summed E-state index contributed by atoms with van der Waals surface area (Å²) in [5.41, 5.74) is 1.38. The molecule has 0 aliphatic carbocycles. The highest BCUT2D eigenvalue weighted by atomic mass is 19.1. The molecule has 0 radical (unpaired) electrons. The van der Waals surface area contributed by atoms with Crippen LogP contribution in [0.15, 0.2) is 41.2 Å². The van der Waals surface area contributed by atoms with Gasteiger partial charge in [0, 0.05) is 53.7 Å². The third-order valence-electron chi connectivity index (χ3n) is 8.92. The lowest BCUT2D eigenvalue weighted by Gasteiger charge is -2.50. The number of hydrogen-bond acceptors (Lipinski definition) is 8. The van der Waals surface area contributed by atoms with Gasteiger partial charge in [0.05, 0.1) is 12.1 Å². The van der Waals surface area contributed by atoms with Crippen molar-refractivity contribution in [1.29, 1.82) is 0 Å². The first-order valence-corrected chi connectivity index (χ1v) is 13.8. The number of carbonyl (C=O) groups excluding carboxylic acids is 3. The van der Waals surface area contributed by atoms with Gasteiger partial charge in [-0.25, -0.2) is 4.39 Å². The van der Waals surface area contributed by atoms with Gasteiger partial charge in [-0.15, -0.1) is 0 Å². The van der Waals surface area contributed by atoms with E-state index in [-0.39, 0.29) is 42.0 Å². The maximum Gasteiger partial charge on any atom is 0.255 e. The Morgan fingerprint density at radius 2 is 1.95 bits per heavy atom. The fraction of sp³-hybridized carbons (Fsp3) is 0.433. The van der Waals surface area contributed by atoms with Crippen LogP contribution in [0.4, 0.5) is 4.39 Å². The highest BCUT2D eigenvalue weighted by Crippen LogP contribution is 2.48. The molecule has 4 heterocycles. The quantitative estimate of drug-likeness (QED) is 0.455. The molecule has 6 rings (SSSR count). The van der Waals surface area contributed by atoms with Gasteiger partial charge in [0.2, 0.25) is 24.0 Å². The molecule has 0 bridgehead atoms. The summed E-state index contributed by atoms with van der Waals surface area (Å²) < 4.78 is 21.0. The molecule has 3 aromatic rings. The van der Waals surface area contributed by atoms with E-state index in [2.05, 4.69) is 26.4 Å². The van der Waals surface area contributed by atoms with Gasteiger partial charge in [0.1, 0.15) is 11.9 Å². The Hall–Kier alpha value is -3.96. The van der Waals surface area contributed by atoms with Crippen molar-refractivity contribution in [3.8, 4) is 11.4 Å². The van der Waals surface area contributed by atoms with Crippen LogP contribution in [0.2, 0.25) is 0 Å². The Morgan fingerprint density at radius 1 is 1.17 bits per heavy atom. The topological polar surface area (TPSA) is 129 Å². The second kappa shape index (κ2) is 9.85. The molecule has 3 aliphatic heterocycles. The largest absolute Gasteiger partial charge is 0.384 e. The number of nitrogens with zero attached hydrogens (tertiary/aromatic N) is 4. The predicted molar refractivity (Wildman–Crippen MR) is 144 cm³/mol. The minimum atomic E-state index is -1.47. The van der Waals surface area contributed by atoms with E-state index in [9.17, 15) is 19.5 Å². The minimum absolute atomic E-state index is 0.0814. The van der Waals surface area contributed by atoms with Gasteiger partial charge in [-0.2, -0.15) is 4.98 Å². The van der Waals surface area contributed by atoms with Gasteiger partial charge in [-0.3, -0.25) is 24.6 Å². The minimum Gasteiger partial charge on any atom is -0.384 e. The Balaban J connectivity index is 1.20. The van der Waals surface area contributed by atoms with E-state index in [1.165, 1.54) is 17.4 Å². The molecule has 1 aromatic heterocycles. The molecule has 41 heavy (non-hydrogen) atoms. The molecule has 0 saturated carbocycles. The lowest BCUT2D eigenvalue weighted by molar-refractivity contribution is -0.137. The zero-order valence-corrected chi connectivity index (χ0v) is 23.2. The maximum absolute atomic E-state index is 16.1. The van der Waals surface area contributed by atoms with E-state index in [1.807, 2.05) is 32.9 Å². The maximum atomic E-state index is 16.1. The summed E-state index contributed by atoms with van der Waals surface area (Å²) >= 11 is 0. The smallest absolute Gasteiger partial charge is 0.255 e. The van der Waals surface area contributed by atoms with Crippen molar-refractivity contribution in [2.24, 2.45) is 5.41 Å². The van der Waals surface area contributed by atoms with Gasteiger partial charge >= 0.3 is 0 Å². The molecule has 3 aliphatic rings. The SMILES string of the molecule is Cc1cc(CN2CCC(O)(c3ccc4c(c3F)CN(C3CCC(=O)NC3=O)C4=O)C(C)(C)C2)ccc1-c1ncon1. The number of likely N-dealkylation sites (tertiary alicyclic amines) is 1. The number of aryl methyl sites for hydroxylation is 1. The molecule has 10 nitrogen and oxygen atoms in total. The number of aliphatic hydroxyl groups is 1. The van der Waals surface area contributed by atoms with Crippen LogP contribution in [0.1, 0.15) is 65.7 Å². The summed E-state index contributed by atoms with van der Waals surface area (Å²) in [5, 5.41) is 18.2. The Kier molecular flexibility index (Phi) is 6.54. The average Bonchev–Trinajstić information content (AvgIpc) is 3.56. The van der Waals surface area contributed by atoms with Gasteiger partial charge in [-0.1, -0.05) is 43.3 Å². The van der Waals surface area contributed by atoms with Crippen LogP contribution in [0.25, 0.3) is 11.4 Å². The number of hydrogen-bond donors (Lipinski definition) is 2. The molecular formula is C30H32FN5O5. The third-order valence-corrected chi connectivity index (χ3v) is 8.92. The summed E-state index contributed by atoms with van der Waals surface area (Å²) in [5.74, 6) is -1.44. The van der Waals surface area contributed by atoms with Crippen LogP contribution in [0, 0.1) is 18.2 Å². The van der Waals surface area contributed by atoms with E-state index in [1.54, 1.807) is 6.07 Å². The molecular weight excluding hydrogens is 529 g/mol. The van der Waals surface area contributed by atoms with Gasteiger partial charge in [-0.05, 0) is 37.0 Å². The van der Waals surface area contributed by atoms with E-state index in [4.69, 9.17) is 4.52 Å². The fourth-order valence-corrected chi connectivity index (χ4v) is 6.61. The number of piperidine rings is 2. The zero-order valence-electron chi connectivity index (χ0n) is 23.2. The van der Waals surface area contributed by atoms with Crippen molar-refractivity contribution in [2.75, 3.05) is 13.1 Å². The molecule has 3 amide bonds. The van der Waals surface area contributed by atoms with Crippen molar-refractivity contribution in [3.05, 3.63) is 70.4 Å². The van der Waals surface area contributed by atoms with Gasteiger partial charge in [0.25, 0.3) is 5.91 Å². The highest BCUT2D eigenvalue weighted by Gasteiger charge is 2.51. The number of nitrogens with one attached hydrogen (secondary N) is 1. The number of aromatic nitrogens is 2. The summed E-state index contributed by atoms with van der Waals surface area (Å²) in [6.45, 7) is 7.50. The molecule has 2 saturated heterocycles. The molecule has 214 valence electrons. The normalized spacial score (nSPS) is 24.5. The third kappa shape index (κ3) is 4.53. The van der Waals surface area contributed by atoms with Crippen molar-refractivity contribution in [2.45, 2.75) is 64.8 Å². The summed E-state index contributed by atoms with van der Waals surface area (Å²) in [6, 6.07) is 8.32. The number of imide groups is 1. The average molecular weight is 562 g/mol. The van der Waals surface area contributed by atoms with Crippen molar-refractivity contribution < 1.29 is 28.4 Å². The monoisotopic (exact) mass is 561 g/mol. The fourth-order valence-electron chi connectivity index (χ4n) is 6.61. The lowest BCUT2D eigenvalue weighted by atomic mass is 9.66. The molecule has 2 aromatic carbocycles. The molecule has 2 atom stereocenters. The van der Waals surface area contributed by atoms with Gasteiger partial charge in [0.15, 0.2) is 0 Å². The first-order chi connectivity index (χ1) is 19.5. The summed E-state index contributed by atoms with van der Waals surface area (Å²) in [4.78, 5) is 44.8. The molecule has 2 fully saturated rings. The van der Waals surface area contributed by atoms with E-state index in [0.717, 1.165) is 16.7 Å². The number of halogens is 1. The van der Waals surface area contributed by atoms with Crippen molar-refractivity contribution >= 4 is 17.7 Å². The number of amides is 3. The highest BCUT2D eigenvalue weighted by molar-refractivity contribution is 6.05. The second-order valence-electron chi connectivity index (χ2n) is 12.0. The Labute approximate surface area is 236 Å². The number of rotatable bonds is 5. The van der Waals surface area contributed by atoms with Crippen molar-refractivity contribution in [1.82, 2.24) is 25.3 Å². The molecule has 2 unspecified atom stereocenters. The van der Waals surface area contributed by atoms with Crippen LogP contribution in [-0.4, -0.2) is 61.9 Å². The first kappa shape index (κ1) is 27.2. The number of fused-ring (bicyclic) bond motifs is 1. The molecule has 0 spiro atoms. The van der Waals surface area contributed by atoms with Crippen molar-refractivity contribution in [3.63, 3.8) is 0 Å². The van der Waals surface area contributed by atoms with E-state index >= 15 is 4.39 Å². The van der Waals surface area contributed by atoms with Crippen LogP contribution in [-0.2, 0) is 28.3 Å². The van der Waals surface area contributed by atoms with Crippen LogP contribution in [0.5, 0.6) is 0 Å². The standard InChI is InChI=1S/C30H32FN5O5/c1-17-12-18(4-5-19(17)26-32-16-41-34-26)13-35-11-10-30(40,29(2,3)15-35)22-7-6-20-21(25(22)31)14-36(28(20)39)23-8-9-24(37)33-27(23)38/h4-7,12,16,23,40H,8-11,13-15H2,1-3H3,(H,33,37,38). The predicted octanol–water partition coefficient (Wildman–Crippen LogP) is 3.06. The second-order valence-corrected chi connectivity index (χ2v) is 12.0. The summed E-state index contributed by atoms with van der Waals surface area (Å²) in [7, 11) is 0. The van der Waals surface area contributed by atoms with Crippen LogP contribution >= 0.6 is 0 Å². The Bertz CT molecular complexity index is 1550. The van der Waals surface area contributed by atoms with E-state index in [0.29, 0.717) is 31.9 Å². The van der Waals surface area contributed by atoms with E-state index < -0.39 is 34.7 Å². The number of carbonyl (C=O) groups is 3.